The number of hydrogen-bond acceptors (Lipinski definition) is 4. The second-order valence-corrected chi connectivity index (χ2v) is 4.34. The van der Waals surface area contributed by atoms with E-state index in [2.05, 4.69) is 5.32 Å². The van der Waals surface area contributed by atoms with E-state index < -0.39 is 0 Å². The molecule has 1 N–H and O–H groups in total. The van der Waals surface area contributed by atoms with Gasteiger partial charge in [-0.3, -0.25) is 0 Å². The van der Waals surface area contributed by atoms with Crippen molar-refractivity contribution in [3.8, 4) is 0 Å². The maximum absolute atomic E-state index is 11.5. The fourth-order valence-electron chi connectivity index (χ4n) is 1.90. The van der Waals surface area contributed by atoms with Crippen molar-refractivity contribution in [3.63, 3.8) is 0 Å². The first-order chi connectivity index (χ1) is 9.11. The number of nitrogens with one attached hydrogen (secondary N) is 1. The highest BCUT2D eigenvalue weighted by atomic mass is 16.5. The third-order valence-electron chi connectivity index (χ3n) is 2.97. The van der Waals surface area contributed by atoms with E-state index >= 15 is 0 Å². The van der Waals surface area contributed by atoms with E-state index in [4.69, 9.17) is 9.15 Å². The molecule has 0 atom stereocenters. The van der Waals surface area contributed by atoms with Crippen LogP contribution in [-0.2, 0) is 11.3 Å². The van der Waals surface area contributed by atoms with Gasteiger partial charge in [0.25, 0.3) is 0 Å². The van der Waals surface area contributed by atoms with Crippen LogP contribution >= 0.6 is 0 Å². The Morgan fingerprint density at radius 1 is 1.32 bits per heavy atom. The average Bonchev–Trinajstić information content (AvgIpc) is 2.78. The number of carbonyl (C=O) groups is 1. The smallest absolute Gasteiger partial charge is 0.341 e. The number of benzene rings is 1. The van der Waals surface area contributed by atoms with Gasteiger partial charge in [-0.2, -0.15) is 0 Å². The molecule has 1 aromatic heterocycles. The summed E-state index contributed by atoms with van der Waals surface area (Å²) in [6.07, 6.45) is 0. The van der Waals surface area contributed by atoms with E-state index in [0.29, 0.717) is 23.6 Å². The molecule has 0 fully saturated rings. The number of aryl methyl sites for hydroxylation is 2. The molecule has 0 unspecified atom stereocenters. The molecule has 0 saturated carbocycles. The second-order valence-electron chi connectivity index (χ2n) is 4.34. The monoisotopic (exact) mass is 259 g/mol. The molecule has 1 heterocycles. The molecule has 0 aliphatic heterocycles. The molecule has 1 aromatic carbocycles. The summed E-state index contributed by atoms with van der Waals surface area (Å²) in [6.45, 7) is 4.32. The maximum Gasteiger partial charge on any atom is 0.341 e. The lowest BCUT2D eigenvalue weighted by molar-refractivity contribution is 0.0599. The van der Waals surface area contributed by atoms with Gasteiger partial charge < -0.3 is 14.5 Å². The van der Waals surface area contributed by atoms with Gasteiger partial charge in [0.1, 0.15) is 17.1 Å². The highest BCUT2D eigenvalue weighted by Crippen LogP contribution is 2.18. The molecule has 0 amide bonds. The van der Waals surface area contributed by atoms with E-state index in [1.807, 2.05) is 31.2 Å². The van der Waals surface area contributed by atoms with Crippen LogP contribution in [0.5, 0.6) is 0 Å². The normalized spacial score (nSPS) is 10.3. The zero-order valence-electron chi connectivity index (χ0n) is 11.3. The number of ether oxygens (including phenoxy) is 1. The molecular weight excluding hydrogens is 242 g/mol. The topological polar surface area (TPSA) is 51.5 Å². The predicted molar refractivity (Wildman–Crippen MR) is 73.3 cm³/mol. The number of esters is 1. The molecule has 2 rings (SSSR count). The van der Waals surface area contributed by atoms with Crippen molar-refractivity contribution >= 4 is 11.7 Å². The maximum atomic E-state index is 11.5. The van der Waals surface area contributed by atoms with Crippen LogP contribution in [0.1, 0.15) is 27.4 Å². The lowest BCUT2D eigenvalue weighted by Gasteiger charge is -2.07. The Labute approximate surface area is 112 Å². The molecule has 0 aliphatic rings. The Hall–Kier alpha value is -2.23. The van der Waals surface area contributed by atoms with Crippen LogP contribution in [0.2, 0.25) is 0 Å². The first-order valence-electron chi connectivity index (χ1n) is 6.09. The van der Waals surface area contributed by atoms with Crippen molar-refractivity contribution in [3.05, 3.63) is 53.0 Å². The quantitative estimate of drug-likeness (QED) is 0.856. The second kappa shape index (κ2) is 5.61. The summed E-state index contributed by atoms with van der Waals surface area (Å²) < 4.78 is 10.2. The van der Waals surface area contributed by atoms with Gasteiger partial charge in [0.2, 0.25) is 0 Å². The highest BCUT2D eigenvalue weighted by Gasteiger charge is 2.15. The van der Waals surface area contributed by atoms with E-state index in [1.165, 1.54) is 12.7 Å². The summed E-state index contributed by atoms with van der Waals surface area (Å²) in [5.41, 5.74) is 2.69. The zero-order valence-corrected chi connectivity index (χ0v) is 11.3. The summed E-state index contributed by atoms with van der Waals surface area (Å²) in [5.74, 6) is 0.915. The summed E-state index contributed by atoms with van der Waals surface area (Å²) >= 11 is 0. The first kappa shape index (κ1) is 13.2. The van der Waals surface area contributed by atoms with Crippen molar-refractivity contribution in [2.45, 2.75) is 20.4 Å². The Bertz CT molecular complexity index is 587. The van der Waals surface area contributed by atoms with Crippen molar-refractivity contribution in [1.82, 2.24) is 0 Å². The first-order valence-corrected chi connectivity index (χ1v) is 6.09. The summed E-state index contributed by atoms with van der Waals surface area (Å²) in [4.78, 5) is 11.5. The number of furan rings is 1. The molecule has 4 heteroatoms. The molecule has 100 valence electrons. The lowest BCUT2D eigenvalue weighted by atomic mass is 10.2. The van der Waals surface area contributed by atoms with Gasteiger partial charge in [-0.25, -0.2) is 4.79 Å². The van der Waals surface area contributed by atoms with E-state index in [9.17, 15) is 4.79 Å². The Morgan fingerprint density at radius 3 is 2.74 bits per heavy atom. The third kappa shape index (κ3) is 2.96. The summed E-state index contributed by atoms with van der Waals surface area (Å²) in [5, 5.41) is 3.28. The van der Waals surface area contributed by atoms with Crippen LogP contribution < -0.4 is 5.32 Å². The molecule has 0 aliphatic carbocycles. The number of carbonyl (C=O) groups excluding carboxylic acids is 1. The van der Waals surface area contributed by atoms with E-state index in [-0.39, 0.29) is 5.97 Å². The molecule has 0 saturated heterocycles. The minimum Gasteiger partial charge on any atom is -0.465 e. The van der Waals surface area contributed by atoms with Gasteiger partial charge in [0, 0.05) is 5.69 Å². The molecule has 0 radical (unpaired) electrons. The van der Waals surface area contributed by atoms with Crippen molar-refractivity contribution in [2.24, 2.45) is 0 Å². The van der Waals surface area contributed by atoms with Gasteiger partial charge in [-0.05, 0) is 31.5 Å². The Balaban J connectivity index is 2.09. The Kier molecular flexibility index (Phi) is 3.90. The molecule has 0 spiro atoms. The SMILES string of the molecule is COC(=O)c1cc(CNc2ccccc2C)oc1C. The van der Waals surface area contributed by atoms with Gasteiger partial charge in [-0.1, -0.05) is 18.2 Å². The van der Waals surface area contributed by atoms with E-state index in [0.717, 1.165) is 5.69 Å². The minimum absolute atomic E-state index is 0.372. The summed E-state index contributed by atoms with van der Waals surface area (Å²) in [6, 6.07) is 9.73. The molecule has 2 aromatic rings. The zero-order chi connectivity index (χ0) is 13.8. The standard InChI is InChI=1S/C15H17NO3/c1-10-6-4-5-7-14(10)16-9-12-8-13(11(2)19-12)15(17)18-3/h4-8,16H,9H2,1-3H3. The Morgan fingerprint density at radius 2 is 2.05 bits per heavy atom. The molecular formula is C15H17NO3. The van der Waals surface area contributed by atoms with Crippen LogP contribution in [0.25, 0.3) is 0 Å². The highest BCUT2D eigenvalue weighted by molar-refractivity contribution is 5.90. The molecule has 4 nitrogen and oxygen atoms in total. The number of rotatable bonds is 4. The number of para-hydroxylation sites is 1. The van der Waals surface area contributed by atoms with E-state index in [1.54, 1.807) is 13.0 Å². The van der Waals surface area contributed by atoms with Gasteiger partial charge in [0.05, 0.1) is 13.7 Å². The van der Waals surface area contributed by atoms with Crippen LogP contribution in [0.4, 0.5) is 5.69 Å². The third-order valence-corrected chi connectivity index (χ3v) is 2.97. The number of anilines is 1. The van der Waals surface area contributed by atoms with Crippen molar-refractivity contribution < 1.29 is 13.9 Å². The average molecular weight is 259 g/mol. The number of hydrogen-bond donors (Lipinski definition) is 1. The van der Waals surface area contributed by atoms with Gasteiger partial charge >= 0.3 is 5.97 Å². The van der Waals surface area contributed by atoms with Crippen molar-refractivity contribution in [1.29, 1.82) is 0 Å². The van der Waals surface area contributed by atoms with Gasteiger partial charge in [0.15, 0.2) is 0 Å². The van der Waals surface area contributed by atoms with Crippen LogP contribution in [-0.4, -0.2) is 13.1 Å². The van der Waals surface area contributed by atoms with Gasteiger partial charge in [-0.15, -0.1) is 0 Å². The van der Waals surface area contributed by atoms with Crippen molar-refractivity contribution in [2.75, 3.05) is 12.4 Å². The number of methoxy groups -OCH3 is 1. The summed E-state index contributed by atoms with van der Waals surface area (Å²) in [7, 11) is 1.36. The van der Waals surface area contributed by atoms with Crippen LogP contribution in [0.15, 0.2) is 34.7 Å². The minimum atomic E-state index is -0.372. The van der Waals surface area contributed by atoms with Crippen LogP contribution in [0, 0.1) is 13.8 Å². The molecule has 19 heavy (non-hydrogen) atoms. The largest absolute Gasteiger partial charge is 0.465 e. The fraction of sp³-hybridized carbons (Fsp3) is 0.267. The fourth-order valence-corrected chi connectivity index (χ4v) is 1.90. The van der Waals surface area contributed by atoms with Crippen LogP contribution in [0.3, 0.4) is 0 Å². The molecule has 0 bridgehead atoms. The predicted octanol–water partition coefficient (Wildman–Crippen LogP) is 3.30. The lowest BCUT2D eigenvalue weighted by Crippen LogP contribution is -2.01.